The number of benzene rings is 3. The van der Waals surface area contributed by atoms with Crippen molar-refractivity contribution in [2.75, 3.05) is 11.9 Å². The standard InChI is InChI=1S/C22H14Br2Cl3N3O3/c23-16-7-12(10-28-30-22(32)13-1-3-14(25)4-2-13)8-17(24)21(16)33-11-20(31)29-15-5-6-18(26)19(27)9-15/h1-10H,11H2,(H,29,31)(H,30,32)/b28-10+. The first-order chi connectivity index (χ1) is 15.7. The third-order valence-electron chi connectivity index (χ3n) is 4.06. The normalized spacial score (nSPS) is 10.8. The van der Waals surface area contributed by atoms with Crippen LogP contribution in [0.4, 0.5) is 5.69 Å². The van der Waals surface area contributed by atoms with Crippen LogP contribution >= 0.6 is 66.7 Å². The summed E-state index contributed by atoms with van der Waals surface area (Å²) in [7, 11) is 0. The van der Waals surface area contributed by atoms with Crippen LogP contribution in [0.25, 0.3) is 0 Å². The lowest BCUT2D eigenvalue weighted by Gasteiger charge is -2.12. The molecule has 0 aliphatic heterocycles. The fourth-order valence-electron chi connectivity index (χ4n) is 2.53. The van der Waals surface area contributed by atoms with Crippen molar-refractivity contribution in [2.45, 2.75) is 0 Å². The van der Waals surface area contributed by atoms with Crippen molar-refractivity contribution >= 4 is 90.4 Å². The summed E-state index contributed by atoms with van der Waals surface area (Å²) in [4.78, 5) is 24.3. The van der Waals surface area contributed by atoms with Crippen LogP contribution in [-0.4, -0.2) is 24.6 Å². The number of anilines is 1. The number of rotatable bonds is 7. The molecule has 0 aromatic heterocycles. The highest BCUT2D eigenvalue weighted by atomic mass is 79.9. The number of hydrazone groups is 1. The molecule has 0 heterocycles. The summed E-state index contributed by atoms with van der Waals surface area (Å²) in [6, 6.07) is 14.7. The van der Waals surface area contributed by atoms with Crippen LogP contribution in [0.3, 0.4) is 0 Å². The van der Waals surface area contributed by atoms with Gasteiger partial charge in [0.2, 0.25) is 0 Å². The van der Waals surface area contributed by atoms with Gasteiger partial charge in [0.25, 0.3) is 11.8 Å². The maximum absolute atomic E-state index is 12.2. The molecule has 3 aromatic carbocycles. The van der Waals surface area contributed by atoms with Gasteiger partial charge in [0.05, 0.1) is 25.2 Å². The first-order valence-electron chi connectivity index (χ1n) is 9.18. The molecule has 0 saturated carbocycles. The Balaban J connectivity index is 1.58. The summed E-state index contributed by atoms with van der Waals surface area (Å²) < 4.78 is 6.81. The molecule has 3 rings (SSSR count). The Kier molecular flexibility index (Phi) is 9.17. The Morgan fingerprint density at radius 1 is 0.939 bits per heavy atom. The van der Waals surface area contributed by atoms with Crippen molar-refractivity contribution in [1.82, 2.24) is 5.43 Å². The maximum Gasteiger partial charge on any atom is 0.271 e. The average molecular weight is 635 g/mol. The number of carbonyl (C=O) groups excluding carboxylic acids is 2. The number of carbonyl (C=O) groups is 2. The van der Waals surface area contributed by atoms with E-state index in [-0.39, 0.29) is 18.4 Å². The molecule has 0 spiro atoms. The smallest absolute Gasteiger partial charge is 0.271 e. The van der Waals surface area contributed by atoms with E-state index in [0.29, 0.717) is 46.6 Å². The molecule has 11 heteroatoms. The zero-order valence-corrected chi connectivity index (χ0v) is 22.0. The number of amides is 2. The Hall–Kier alpha value is -2.10. The second-order valence-electron chi connectivity index (χ2n) is 6.49. The van der Waals surface area contributed by atoms with Crippen LogP contribution in [0.5, 0.6) is 5.75 Å². The summed E-state index contributed by atoms with van der Waals surface area (Å²) in [5.74, 6) is -0.307. The second kappa shape index (κ2) is 11.9. The highest BCUT2D eigenvalue weighted by Gasteiger charge is 2.12. The van der Waals surface area contributed by atoms with Gasteiger partial charge in [0, 0.05) is 16.3 Å². The summed E-state index contributed by atoms with van der Waals surface area (Å²) in [6.45, 7) is -0.234. The number of hydrogen-bond donors (Lipinski definition) is 2. The van der Waals surface area contributed by atoms with Gasteiger partial charge in [-0.15, -0.1) is 0 Å². The SMILES string of the molecule is O=C(COc1c(Br)cc(/C=N/NC(=O)c2ccc(Cl)cc2)cc1Br)Nc1ccc(Cl)c(Cl)c1. The molecule has 170 valence electrons. The minimum atomic E-state index is -0.372. The molecule has 0 saturated heterocycles. The van der Waals surface area contributed by atoms with Crippen molar-refractivity contribution in [2.24, 2.45) is 5.10 Å². The van der Waals surface area contributed by atoms with Gasteiger partial charge in [-0.25, -0.2) is 5.43 Å². The quantitative estimate of drug-likeness (QED) is 0.218. The predicted octanol–water partition coefficient (Wildman–Crippen LogP) is 6.95. The number of halogens is 5. The van der Waals surface area contributed by atoms with Crippen LogP contribution in [0.2, 0.25) is 15.1 Å². The Morgan fingerprint density at radius 2 is 1.61 bits per heavy atom. The van der Waals surface area contributed by atoms with Crippen LogP contribution in [0, 0.1) is 0 Å². The fraction of sp³-hybridized carbons (Fsp3) is 0.0455. The molecule has 0 unspecified atom stereocenters. The lowest BCUT2D eigenvalue weighted by molar-refractivity contribution is -0.118. The first-order valence-corrected chi connectivity index (χ1v) is 11.9. The van der Waals surface area contributed by atoms with Gasteiger partial charge in [-0.3, -0.25) is 9.59 Å². The van der Waals surface area contributed by atoms with Crippen LogP contribution in [-0.2, 0) is 4.79 Å². The van der Waals surface area contributed by atoms with Gasteiger partial charge in [-0.1, -0.05) is 34.8 Å². The van der Waals surface area contributed by atoms with E-state index in [4.69, 9.17) is 39.5 Å². The van der Waals surface area contributed by atoms with Crippen molar-refractivity contribution in [3.05, 3.63) is 89.7 Å². The average Bonchev–Trinajstić information content (AvgIpc) is 2.76. The first kappa shape index (κ1) is 25.5. The third kappa shape index (κ3) is 7.45. The van der Waals surface area contributed by atoms with E-state index < -0.39 is 0 Å². The molecule has 6 nitrogen and oxygen atoms in total. The van der Waals surface area contributed by atoms with Gasteiger partial charge in [-0.05, 0) is 92.0 Å². The zero-order valence-electron chi connectivity index (χ0n) is 16.5. The van der Waals surface area contributed by atoms with Gasteiger partial charge in [0.15, 0.2) is 6.61 Å². The van der Waals surface area contributed by atoms with Gasteiger partial charge in [0.1, 0.15) is 5.75 Å². The van der Waals surface area contributed by atoms with Crippen molar-refractivity contribution < 1.29 is 14.3 Å². The van der Waals surface area contributed by atoms with Crippen LogP contribution in [0.1, 0.15) is 15.9 Å². The molecule has 0 aliphatic rings. The molecule has 0 atom stereocenters. The molecule has 0 radical (unpaired) electrons. The Labute approximate surface area is 221 Å². The van der Waals surface area contributed by atoms with Crippen molar-refractivity contribution in [1.29, 1.82) is 0 Å². The van der Waals surface area contributed by atoms with E-state index in [1.54, 1.807) is 54.6 Å². The lowest BCUT2D eigenvalue weighted by atomic mass is 10.2. The van der Waals surface area contributed by atoms with Gasteiger partial charge in [-0.2, -0.15) is 5.10 Å². The Bertz CT molecular complexity index is 1200. The summed E-state index contributed by atoms with van der Waals surface area (Å²) in [6.07, 6.45) is 1.48. The highest BCUT2D eigenvalue weighted by molar-refractivity contribution is 9.11. The topological polar surface area (TPSA) is 79.8 Å². The molecule has 0 bridgehead atoms. The summed E-state index contributed by atoms with van der Waals surface area (Å²) in [5.41, 5.74) is 4.06. The molecule has 0 aliphatic carbocycles. The second-order valence-corrected chi connectivity index (χ2v) is 9.44. The van der Waals surface area contributed by atoms with E-state index in [0.717, 1.165) is 0 Å². The molecule has 2 amide bonds. The van der Waals surface area contributed by atoms with Gasteiger partial charge < -0.3 is 10.1 Å². The van der Waals surface area contributed by atoms with E-state index in [1.165, 1.54) is 6.21 Å². The number of nitrogens with zero attached hydrogens (tertiary/aromatic N) is 1. The number of hydrogen-bond acceptors (Lipinski definition) is 4. The van der Waals surface area contributed by atoms with E-state index in [2.05, 4.69) is 47.7 Å². The van der Waals surface area contributed by atoms with Crippen molar-refractivity contribution in [3.63, 3.8) is 0 Å². The fourth-order valence-corrected chi connectivity index (χ4v) is 4.41. The van der Waals surface area contributed by atoms with Crippen LogP contribution in [0.15, 0.2) is 68.6 Å². The summed E-state index contributed by atoms with van der Waals surface area (Å²) in [5, 5.41) is 7.91. The monoisotopic (exact) mass is 631 g/mol. The van der Waals surface area contributed by atoms with Crippen LogP contribution < -0.4 is 15.5 Å². The Morgan fingerprint density at radius 3 is 2.24 bits per heavy atom. The van der Waals surface area contributed by atoms with E-state index in [1.807, 2.05) is 0 Å². The van der Waals surface area contributed by atoms with E-state index in [9.17, 15) is 9.59 Å². The molecular weight excluding hydrogens is 620 g/mol. The van der Waals surface area contributed by atoms with E-state index >= 15 is 0 Å². The minimum absolute atomic E-state index is 0.234. The lowest BCUT2D eigenvalue weighted by Crippen LogP contribution is -2.20. The highest BCUT2D eigenvalue weighted by Crippen LogP contribution is 2.34. The van der Waals surface area contributed by atoms with Gasteiger partial charge >= 0.3 is 0 Å². The molecule has 2 N–H and O–H groups in total. The maximum atomic E-state index is 12.2. The minimum Gasteiger partial charge on any atom is -0.481 e. The van der Waals surface area contributed by atoms with Crippen molar-refractivity contribution in [3.8, 4) is 5.75 Å². The number of nitrogens with one attached hydrogen (secondary N) is 2. The molecular formula is C22H14Br2Cl3N3O3. The summed E-state index contributed by atoms with van der Waals surface area (Å²) >= 11 is 24.5. The largest absolute Gasteiger partial charge is 0.481 e. The molecule has 33 heavy (non-hydrogen) atoms. The molecule has 0 fully saturated rings. The zero-order chi connectivity index (χ0) is 24.0. The predicted molar refractivity (Wildman–Crippen MR) is 139 cm³/mol. The third-order valence-corrected chi connectivity index (χ3v) is 6.23. The molecule has 3 aromatic rings. The number of ether oxygens (including phenoxy) is 1.